The molecule has 1 aromatic carbocycles. The van der Waals surface area contributed by atoms with Crippen molar-refractivity contribution in [1.29, 1.82) is 0 Å². The largest absolute Gasteiger partial charge is 0.496 e. The van der Waals surface area contributed by atoms with Crippen LogP contribution in [0.1, 0.15) is 29.7 Å². The zero-order chi connectivity index (χ0) is 14.7. The van der Waals surface area contributed by atoms with Crippen molar-refractivity contribution in [2.75, 3.05) is 13.7 Å². The lowest BCUT2D eigenvalue weighted by Gasteiger charge is -2.19. The van der Waals surface area contributed by atoms with Crippen molar-refractivity contribution < 1.29 is 4.74 Å². The number of hydrogen-bond donors (Lipinski definition) is 1. The van der Waals surface area contributed by atoms with Crippen molar-refractivity contribution >= 4 is 43.2 Å². The number of benzene rings is 1. The van der Waals surface area contributed by atoms with Gasteiger partial charge in [0, 0.05) is 0 Å². The van der Waals surface area contributed by atoms with Crippen LogP contribution < -0.4 is 10.1 Å². The third-order valence-corrected chi connectivity index (χ3v) is 5.54. The molecule has 20 heavy (non-hydrogen) atoms. The van der Waals surface area contributed by atoms with Gasteiger partial charge in [-0.05, 0) is 74.2 Å². The Kier molecular flexibility index (Phi) is 5.66. The summed E-state index contributed by atoms with van der Waals surface area (Å²) in [5, 5.41) is 3.55. The first-order valence-electron chi connectivity index (χ1n) is 6.39. The topological polar surface area (TPSA) is 21.3 Å². The number of aryl methyl sites for hydroxylation is 1. The molecule has 0 aliphatic carbocycles. The van der Waals surface area contributed by atoms with E-state index in [2.05, 4.69) is 69.2 Å². The number of rotatable bonds is 5. The highest BCUT2D eigenvalue weighted by molar-refractivity contribution is 9.12. The number of methoxy groups -OCH3 is 1. The molecule has 0 spiro atoms. The molecule has 0 aliphatic rings. The summed E-state index contributed by atoms with van der Waals surface area (Å²) in [4.78, 5) is 0. The van der Waals surface area contributed by atoms with E-state index in [1.807, 2.05) is 6.07 Å². The van der Waals surface area contributed by atoms with Crippen LogP contribution in [0.2, 0.25) is 0 Å². The molecule has 0 saturated heterocycles. The van der Waals surface area contributed by atoms with Crippen LogP contribution in [0, 0.1) is 6.92 Å². The highest BCUT2D eigenvalue weighted by Gasteiger charge is 2.19. The maximum Gasteiger partial charge on any atom is 0.121 e. The van der Waals surface area contributed by atoms with E-state index in [-0.39, 0.29) is 6.04 Å². The fraction of sp³-hybridized carbons (Fsp3) is 0.333. The second-order valence-corrected chi connectivity index (χ2v) is 8.25. The van der Waals surface area contributed by atoms with Gasteiger partial charge < -0.3 is 10.1 Å². The Morgan fingerprint density at radius 2 is 2.05 bits per heavy atom. The molecular formula is C15H17Br2NOS. The molecule has 108 valence electrons. The van der Waals surface area contributed by atoms with Gasteiger partial charge in [-0.15, -0.1) is 11.3 Å². The highest BCUT2D eigenvalue weighted by atomic mass is 79.9. The Bertz CT molecular complexity index is 598. The van der Waals surface area contributed by atoms with E-state index >= 15 is 0 Å². The molecule has 2 rings (SSSR count). The minimum atomic E-state index is 0.182. The number of thiophene rings is 1. The molecule has 0 amide bonds. The van der Waals surface area contributed by atoms with E-state index in [9.17, 15) is 0 Å². The van der Waals surface area contributed by atoms with Crippen LogP contribution in [0.25, 0.3) is 0 Å². The average molecular weight is 419 g/mol. The average Bonchev–Trinajstić information content (AvgIpc) is 2.74. The van der Waals surface area contributed by atoms with Crippen LogP contribution >= 0.6 is 43.2 Å². The van der Waals surface area contributed by atoms with Gasteiger partial charge in [-0.3, -0.25) is 0 Å². The predicted octanol–water partition coefficient (Wildman–Crippen LogP) is 5.29. The van der Waals surface area contributed by atoms with E-state index in [0.29, 0.717) is 0 Å². The van der Waals surface area contributed by atoms with Gasteiger partial charge >= 0.3 is 0 Å². The molecule has 2 nitrogen and oxygen atoms in total. The van der Waals surface area contributed by atoms with Gasteiger partial charge in [0.2, 0.25) is 0 Å². The molecule has 0 saturated carbocycles. The molecular weight excluding hydrogens is 402 g/mol. The monoisotopic (exact) mass is 417 g/mol. The van der Waals surface area contributed by atoms with E-state index in [0.717, 1.165) is 25.4 Å². The normalized spacial score (nSPS) is 12.4. The zero-order valence-corrected chi connectivity index (χ0v) is 15.7. The van der Waals surface area contributed by atoms with Crippen LogP contribution in [0.4, 0.5) is 0 Å². The summed E-state index contributed by atoms with van der Waals surface area (Å²) >= 11 is 8.91. The molecule has 1 aromatic heterocycles. The molecule has 2 aromatic rings. The Hall–Kier alpha value is -0.360. The van der Waals surface area contributed by atoms with Crippen molar-refractivity contribution in [2.24, 2.45) is 0 Å². The Morgan fingerprint density at radius 1 is 1.30 bits per heavy atom. The standard InChI is InChI=1S/C15H17Br2NOS/c1-4-18-14(11-8-13(16)20-15(11)17)10-5-6-12(19-3)9(2)7-10/h5-8,14,18H,4H2,1-3H3. The summed E-state index contributed by atoms with van der Waals surface area (Å²) in [5.41, 5.74) is 3.66. The minimum absolute atomic E-state index is 0.182. The molecule has 1 atom stereocenters. The molecule has 0 radical (unpaired) electrons. The Morgan fingerprint density at radius 3 is 2.55 bits per heavy atom. The number of halogens is 2. The third-order valence-electron chi connectivity index (χ3n) is 3.15. The third kappa shape index (κ3) is 3.45. The van der Waals surface area contributed by atoms with Gasteiger partial charge in [-0.25, -0.2) is 0 Å². The molecule has 1 heterocycles. The van der Waals surface area contributed by atoms with Crippen LogP contribution in [-0.4, -0.2) is 13.7 Å². The van der Waals surface area contributed by atoms with Crippen LogP contribution in [0.15, 0.2) is 31.8 Å². The second kappa shape index (κ2) is 7.07. The van der Waals surface area contributed by atoms with Gasteiger partial charge in [0.15, 0.2) is 0 Å². The van der Waals surface area contributed by atoms with Crippen LogP contribution in [0.3, 0.4) is 0 Å². The minimum Gasteiger partial charge on any atom is -0.496 e. The first-order valence-corrected chi connectivity index (χ1v) is 8.79. The van der Waals surface area contributed by atoms with E-state index in [1.165, 1.54) is 11.1 Å². The first-order chi connectivity index (χ1) is 9.56. The lowest BCUT2D eigenvalue weighted by molar-refractivity contribution is 0.411. The van der Waals surface area contributed by atoms with E-state index in [4.69, 9.17) is 4.74 Å². The quantitative estimate of drug-likeness (QED) is 0.712. The predicted molar refractivity (Wildman–Crippen MR) is 93.0 cm³/mol. The van der Waals surface area contributed by atoms with Gasteiger partial charge in [0.25, 0.3) is 0 Å². The van der Waals surface area contributed by atoms with Crippen molar-refractivity contribution in [2.45, 2.75) is 19.9 Å². The lowest BCUT2D eigenvalue weighted by Crippen LogP contribution is -2.22. The number of nitrogens with one attached hydrogen (secondary N) is 1. The summed E-state index contributed by atoms with van der Waals surface area (Å²) < 4.78 is 7.63. The summed E-state index contributed by atoms with van der Waals surface area (Å²) in [6.07, 6.45) is 0. The summed E-state index contributed by atoms with van der Waals surface area (Å²) in [6.45, 7) is 5.11. The maximum absolute atomic E-state index is 5.34. The summed E-state index contributed by atoms with van der Waals surface area (Å²) in [6, 6.07) is 8.69. The van der Waals surface area contributed by atoms with Gasteiger partial charge in [-0.1, -0.05) is 19.1 Å². The second-order valence-electron chi connectivity index (χ2n) is 4.50. The Labute approximate surface area is 140 Å². The van der Waals surface area contributed by atoms with Crippen molar-refractivity contribution in [3.05, 3.63) is 48.5 Å². The van der Waals surface area contributed by atoms with Gasteiger partial charge in [0.05, 0.1) is 20.7 Å². The fourth-order valence-electron chi connectivity index (χ4n) is 2.24. The van der Waals surface area contributed by atoms with E-state index < -0.39 is 0 Å². The van der Waals surface area contributed by atoms with Crippen LogP contribution in [0.5, 0.6) is 5.75 Å². The molecule has 1 N–H and O–H groups in total. The fourth-order valence-corrected chi connectivity index (χ4v) is 5.14. The maximum atomic E-state index is 5.34. The number of hydrogen-bond acceptors (Lipinski definition) is 3. The molecule has 0 bridgehead atoms. The van der Waals surface area contributed by atoms with Crippen molar-refractivity contribution in [3.8, 4) is 5.75 Å². The van der Waals surface area contributed by atoms with Gasteiger partial charge in [-0.2, -0.15) is 0 Å². The van der Waals surface area contributed by atoms with Crippen molar-refractivity contribution in [1.82, 2.24) is 5.32 Å². The molecule has 5 heteroatoms. The highest BCUT2D eigenvalue weighted by Crippen LogP contribution is 2.38. The zero-order valence-electron chi connectivity index (χ0n) is 11.7. The van der Waals surface area contributed by atoms with E-state index in [1.54, 1.807) is 18.4 Å². The molecule has 1 unspecified atom stereocenters. The first kappa shape index (κ1) is 16.0. The van der Waals surface area contributed by atoms with Crippen molar-refractivity contribution in [3.63, 3.8) is 0 Å². The summed E-state index contributed by atoms with van der Waals surface area (Å²) in [7, 11) is 1.70. The molecule has 0 aliphatic heterocycles. The molecule has 0 fully saturated rings. The van der Waals surface area contributed by atoms with Gasteiger partial charge in [0.1, 0.15) is 5.75 Å². The smallest absolute Gasteiger partial charge is 0.121 e. The SMILES string of the molecule is CCNC(c1ccc(OC)c(C)c1)c1cc(Br)sc1Br. The lowest BCUT2D eigenvalue weighted by atomic mass is 9.99. The van der Waals surface area contributed by atoms with Crippen LogP contribution in [-0.2, 0) is 0 Å². The summed E-state index contributed by atoms with van der Waals surface area (Å²) in [5.74, 6) is 0.926. The Balaban J connectivity index is 2.43. The number of ether oxygens (including phenoxy) is 1.